The second kappa shape index (κ2) is 6.74. The third kappa shape index (κ3) is 3.40. The SMILES string of the molecule is CN(C)c1ncccc1OC1CCN(C(=O)c2ccc(=O)[nH]c2)C1. The molecule has 2 aromatic rings. The number of aromatic amines is 1. The second-order valence-electron chi connectivity index (χ2n) is 5.94. The van der Waals surface area contributed by atoms with Crippen molar-refractivity contribution in [2.45, 2.75) is 12.5 Å². The molecule has 3 rings (SSSR count). The van der Waals surface area contributed by atoms with Crippen molar-refractivity contribution in [3.63, 3.8) is 0 Å². The van der Waals surface area contributed by atoms with Gasteiger partial charge in [0, 0.05) is 45.5 Å². The van der Waals surface area contributed by atoms with Crippen LogP contribution in [-0.2, 0) is 0 Å². The molecule has 0 bridgehead atoms. The molecule has 1 atom stereocenters. The summed E-state index contributed by atoms with van der Waals surface area (Å²) in [6, 6.07) is 6.62. The number of H-pyrrole nitrogens is 1. The van der Waals surface area contributed by atoms with Crippen LogP contribution in [0.1, 0.15) is 16.8 Å². The van der Waals surface area contributed by atoms with Gasteiger partial charge in [-0.25, -0.2) is 4.98 Å². The number of nitrogens with one attached hydrogen (secondary N) is 1. The third-order valence-electron chi connectivity index (χ3n) is 3.93. The summed E-state index contributed by atoms with van der Waals surface area (Å²) >= 11 is 0. The molecule has 0 radical (unpaired) electrons. The van der Waals surface area contributed by atoms with Gasteiger partial charge in [0.1, 0.15) is 6.10 Å². The number of anilines is 1. The Hall–Kier alpha value is -2.83. The monoisotopic (exact) mass is 328 g/mol. The highest BCUT2D eigenvalue weighted by Crippen LogP contribution is 2.27. The molecule has 0 aromatic carbocycles. The van der Waals surface area contributed by atoms with Crippen LogP contribution in [0, 0.1) is 0 Å². The van der Waals surface area contributed by atoms with Crippen molar-refractivity contribution in [3.8, 4) is 5.75 Å². The summed E-state index contributed by atoms with van der Waals surface area (Å²) in [6.45, 7) is 1.14. The third-order valence-corrected chi connectivity index (χ3v) is 3.93. The highest BCUT2D eigenvalue weighted by Gasteiger charge is 2.29. The molecule has 1 aliphatic heterocycles. The predicted molar refractivity (Wildman–Crippen MR) is 90.6 cm³/mol. The summed E-state index contributed by atoms with van der Waals surface area (Å²) in [4.78, 5) is 34.0. The Bertz CT molecular complexity index is 767. The fraction of sp³-hybridized carbons (Fsp3) is 0.353. The van der Waals surface area contributed by atoms with Gasteiger partial charge in [-0.1, -0.05) is 0 Å². The normalized spacial score (nSPS) is 16.9. The van der Waals surface area contributed by atoms with E-state index in [0.29, 0.717) is 24.4 Å². The molecule has 1 amide bonds. The number of aromatic nitrogens is 2. The minimum absolute atomic E-state index is 0.0698. The molecule has 2 aromatic heterocycles. The van der Waals surface area contributed by atoms with Crippen LogP contribution in [0.2, 0.25) is 0 Å². The first-order valence-electron chi connectivity index (χ1n) is 7.81. The molecule has 1 N–H and O–H groups in total. The fourth-order valence-corrected chi connectivity index (χ4v) is 2.72. The van der Waals surface area contributed by atoms with Gasteiger partial charge in [-0.2, -0.15) is 0 Å². The van der Waals surface area contributed by atoms with Gasteiger partial charge in [0.15, 0.2) is 11.6 Å². The standard InChI is InChI=1S/C17H20N4O3/c1-20(2)16-14(4-3-8-18-16)24-13-7-9-21(11-13)17(23)12-5-6-15(22)19-10-12/h3-6,8,10,13H,7,9,11H2,1-2H3,(H,19,22). The van der Waals surface area contributed by atoms with Crippen molar-refractivity contribution >= 4 is 11.7 Å². The Morgan fingerprint density at radius 2 is 2.21 bits per heavy atom. The first-order valence-corrected chi connectivity index (χ1v) is 7.81. The van der Waals surface area contributed by atoms with E-state index in [2.05, 4.69) is 9.97 Å². The molecule has 1 unspecified atom stereocenters. The molecule has 7 nitrogen and oxygen atoms in total. The van der Waals surface area contributed by atoms with Gasteiger partial charge < -0.3 is 19.5 Å². The van der Waals surface area contributed by atoms with Crippen molar-refractivity contribution < 1.29 is 9.53 Å². The maximum Gasteiger partial charge on any atom is 0.255 e. The van der Waals surface area contributed by atoms with E-state index in [9.17, 15) is 9.59 Å². The van der Waals surface area contributed by atoms with E-state index in [-0.39, 0.29) is 17.6 Å². The Labute approximate surface area is 139 Å². The van der Waals surface area contributed by atoms with Crippen LogP contribution in [0.15, 0.2) is 41.5 Å². The number of carbonyl (C=O) groups excluding carboxylic acids is 1. The number of likely N-dealkylation sites (tertiary alicyclic amines) is 1. The van der Waals surface area contributed by atoms with Crippen LogP contribution < -0.4 is 15.2 Å². The quantitative estimate of drug-likeness (QED) is 0.910. The minimum Gasteiger partial charge on any atom is -0.485 e. The second-order valence-corrected chi connectivity index (χ2v) is 5.94. The van der Waals surface area contributed by atoms with Crippen LogP contribution in [0.25, 0.3) is 0 Å². The van der Waals surface area contributed by atoms with Crippen molar-refractivity contribution in [1.29, 1.82) is 0 Å². The van der Waals surface area contributed by atoms with E-state index < -0.39 is 0 Å². The van der Waals surface area contributed by atoms with Crippen molar-refractivity contribution in [3.05, 3.63) is 52.6 Å². The lowest BCUT2D eigenvalue weighted by Crippen LogP contribution is -2.31. The number of ether oxygens (including phenoxy) is 1. The maximum absolute atomic E-state index is 12.5. The van der Waals surface area contributed by atoms with Gasteiger partial charge in [-0.3, -0.25) is 9.59 Å². The maximum atomic E-state index is 12.5. The van der Waals surface area contributed by atoms with Gasteiger partial charge in [0.05, 0.1) is 12.1 Å². The van der Waals surface area contributed by atoms with Crippen LogP contribution in [0.3, 0.4) is 0 Å². The highest BCUT2D eigenvalue weighted by atomic mass is 16.5. The molecular weight excluding hydrogens is 308 g/mol. The lowest BCUT2D eigenvalue weighted by atomic mass is 10.2. The average molecular weight is 328 g/mol. The zero-order valence-corrected chi connectivity index (χ0v) is 13.7. The number of rotatable bonds is 4. The van der Waals surface area contributed by atoms with Crippen LogP contribution >= 0.6 is 0 Å². The average Bonchev–Trinajstić information content (AvgIpc) is 3.04. The van der Waals surface area contributed by atoms with Gasteiger partial charge in [0.2, 0.25) is 5.56 Å². The van der Waals surface area contributed by atoms with Crippen molar-refractivity contribution in [1.82, 2.24) is 14.9 Å². The number of pyridine rings is 2. The van der Waals surface area contributed by atoms with E-state index in [0.717, 1.165) is 12.2 Å². The van der Waals surface area contributed by atoms with Crippen LogP contribution in [0.4, 0.5) is 5.82 Å². The smallest absolute Gasteiger partial charge is 0.255 e. The molecule has 3 heterocycles. The fourth-order valence-electron chi connectivity index (χ4n) is 2.72. The summed E-state index contributed by atoms with van der Waals surface area (Å²) in [6.07, 6.45) is 3.86. The lowest BCUT2D eigenvalue weighted by molar-refractivity contribution is 0.0772. The molecule has 1 aliphatic rings. The number of hydrogen-bond donors (Lipinski definition) is 1. The van der Waals surface area contributed by atoms with Crippen LogP contribution in [0.5, 0.6) is 5.75 Å². The van der Waals surface area contributed by atoms with Crippen LogP contribution in [-0.4, -0.2) is 54.1 Å². The van der Waals surface area contributed by atoms with Crippen molar-refractivity contribution in [2.24, 2.45) is 0 Å². The Kier molecular flexibility index (Phi) is 4.50. The number of carbonyl (C=O) groups is 1. The Morgan fingerprint density at radius 1 is 1.38 bits per heavy atom. The van der Waals surface area contributed by atoms with E-state index in [1.54, 1.807) is 17.2 Å². The first kappa shape index (κ1) is 16.0. The van der Waals surface area contributed by atoms with Gasteiger partial charge in [0.25, 0.3) is 5.91 Å². The zero-order chi connectivity index (χ0) is 17.1. The number of hydrogen-bond acceptors (Lipinski definition) is 5. The first-order chi connectivity index (χ1) is 11.5. The summed E-state index contributed by atoms with van der Waals surface area (Å²) in [5.74, 6) is 1.38. The lowest BCUT2D eigenvalue weighted by Gasteiger charge is -2.20. The topological polar surface area (TPSA) is 78.5 Å². The van der Waals surface area contributed by atoms with E-state index in [1.165, 1.54) is 12.3 Å². The van der Waals surface area contributed by atoms with E-state index >= 15 is 0 Å². The Morgan fingerprint density at radius 3 is 2.92 bits per heavy atom. The Balaban J connectivity index is 1.66. The molecule has 1 saturated heterocycles. The number of nitrogens with zero attached hydrogens (tertiary/aromatic N) is 3. The molecule has 0 aliphatic carbocycles. The van der Waals surface area contributed by atoms with E-state index in [4.69, 9.17) is 4.74 Å². The largest absolute Gasteiger partial charge is 0.485 e. The highest BCUT2D eigenvalue weighted by molar-refractivity contribution is 5.94. The summed E-state index contributed by atoms with van der Waals surface area (Å²) in [7, 11) is 3.83. The molecule has 126 valence electrons. The summed E-state index contributed by atoms with van der Waals surface area (Å²) < 4.78 is 6.05. The molecule has 24 heavy (non-hydrogen) atoms. The summed E-state index contributed by atoms with van der Waals surface area (Å²) in [5.41, 5.74) is 0.257. The number of amides is 1. The molecular formula is C17H20N4O3. The molecule has 1 fully saturated rings. The van der Waals surface area contributed by atoms with E-state index in [1.807, 2.05) is 31.1 Å². The minimum atomic E-state index is -0.220. The van der Waals surface area contributed by atoms with Gasteiger partial charge >= 0.3 is 0 Å². The molecule has 7 heteroatoms. The predicted octanol–water partition coefficient (Wildman–Crippen LogP) is 1.13. The zero-order valence-electron chi connectivity index (χ0n) is 13.7. The van der Waals surface area contributed by atoms with Gasteiger partial charge in [-0.15, -0.1) is 0 Å². The van der Waals surface area contributed by atoms with Crippen molar-refractivity contribution in [2.75, 3.05) is 32.1 Å². The van der Waals surface area contributed by atoms with Gasteiger partial charge in [-0.05, 0) is 18.2 Å². The molecule has 0 saturated carbocycles. The molecule has 0 spiro atoms. The summed E-state index contributed by atoms with van der Waals surface area (Å²) in [5, 5.41) is 0.